The van der Waals surface area contributed by atoms with Gasteiger partial charge in [-0.3, -0.25) is 4.79 Å². The number of para-hydroxylation sites is 1. The standard InChI is InChI=1S/C34H40ClN3O6S2/c1-5-26-11-8-9-19-38(26)46(42,43)29-16-14-28(15-17-29)45(40,41)36-34(39)32-25(4)37(31-13-7-6-12-30(31)32)18-10-20-44-27-21-23(2)33(35)24(3)22-27/h6-7,12-17,21-22,26H,5,8-11,18-20H2,1-4H3,(H,36,39). The lowest BCUT2D eigenvalue weighted by atomic mass is 10.0. The first kappa shape index (κ1) is 34.0. The van der Waals surface area contributed by atoms with Crippen LogP contribution < -0.4 is 9.46 Å². The van der Waals surface area contributed by atoms with Crippen LogP contribution in [0.25, 0.3) is 10.9 Å². The summed E-state index contributed by atoms with van der Waals surface area (Å²) in [5.74, 6) is -0.0207. The number of carbonyl (C=O) groups is 1. The van der Waals surface area contributed by atoms with Crippen molar-refractivity contribution in [3.05, 3.63) is 88.1 Å². The average molecular weight is 686 g/mol. The van der Waals surface area contributed by atoms with E-state index in [2.05, 4.69) is 4.72 Å². The normalized spacial score (nSPS) is 16.1. The molecule has 1 N–H and O–H groups in total. The van der Waals surface area contributed by atoms with Gasteiger partial charge in [0.1, 0.15) is 5.75 Å². The maximum absolute atomic E-state index is 13.5. The van der Waals surface area contributed by atoms with Crippen molar-refractivity contribution in [2.75, 3.05) is 13.2 Å². The van der Waals surface area contributed by atoms with E-state index in [4.69, 9.17) is 16.3 Å². The highest BCUT2D eigenvalue weighted by molar-refractivity contribution is 7.90. The molecule has 3 aromatic carbocycles. The van der Waals surface area contributed by atoms with E-state index in [-0.39, 0.29) is 21.4 Å². The lowest BCUT2D eigenvalue weighted by Crippen LogP contribution is -2.43. The Morgan fingerprint density at radius 2 is 1.61 bits per heavy atom. The van der Waals surface area contributed by atoms with E-state index in [1.807, 2.05) is 49.6 Å². The number of halogens is 1. The number of fused-ring (bicyclic) bond motifs is 1. The topological polar surface area (TPSA) is 115 Å². The molecule has 4 aromatic rings. The first-order chi connectivity index (χ1) is 21.8. The summed E-state index contributed by atoms with van der Waals surface area (Å²) in [5, 5.41) is 1.35. The molecule has 1 aliphatic heterocycles. The van der Waals surface area contributed by atoms with Crippen molar-refractivity contribution in [1.29, 1.82) is 0 Å². The van der Waals surface area contributed by atoms with Crippen LogP contribution in [0.15, 0.2) is 70.5 Å². The second kappa shape index (κ2) is 13.8. The minimum Gasteiger partial charge on any atom is -0.494 e. The molecule has 9 nitrogen and oxygen atoms in total. The quantitative estimate of drug-likeness (QED) is 0.175. The highest BCUT2D eigenvalue weighted by Crippen LogP contribution is 2.30. The predicted molar refractivity (Wildman–Crippen MR) is 181 cm³/mol. The summed E-state index contributed by atoms with van der Waals surface area (Å²) in [5.41, 5.74) is 3.58. The Balaban J connectivity index is 1.31. The molecule has 1 aromatic heterocycles. The van der Waals surface area contributed by atoms with E-state index >= 15 is 0 Å². The van der Waals surface area contributed by atoms with E-state index in [1.54, 1.807) is 19.1 Å². The molecular formula is C34H40ClN3O6S2. The third-order valence-corrected chi connectivity index (χ3v) is 12.6. The van der Waals surface area contributed by atoms with Crippen molar-refractivity contribution in [3.8, 4) is 5.75 Å². The maximum Gasteiger partial charge on any atom is 0.267 e. The zero-order valence-electron chi connectivity index (χ0n) is 26.5. The van der Waals surface area contributed by atoms with Gasteiger partial charge in [0.15, 0.2) is 0 Å². The predicted octanol–water partition coefficient (Wildman–Crippen LogP) is 6.76. The van der Waals surface area contributed by atoms with E-state index in [0.717, 1.165) is 46.7 Å². The van der Waals surface area contributed by atoms with E-state index in [9.17, 15) is 21.6 Å². The molecule has 1 atom stereocenters. The van der Waals surface area contributed by atoms with Crippen molar-refractivity contribution in [2.24, 2.45) is 0 Å². The molecule has 12 heteroatoms. The summed E-state index contributed by atoms with van der Waals surface area (Å²) in [4.78, 5) is 13.4. The highest BCUT2D eigenvalue weighted by atomic mass is 35.5. The summed E-state index contributed by atoms with van der Waals surface area (Å²) < 4.78 is 65.0. The summed E-state index contributed by atoms with van der Waals surface area (Å²) in [6, 6.07) is 16.1. The van der Waals surface area contributed by atoms with Gasteiger partial charge < -0.3 is 9.30 Å². The molecule has 5 rings (SSSR count). The number of ether oxygens (including phenoxy) is 1. The Labute approximate surface area is 276 Å². The molecule has 2 heterocycles. The number of sulfonamides is 2. The van der Waals surface area contributed by atoms with E-state index < -0.39 is 26.0 Å². The van der Waals surface area contributed by atoms with Crippen molar-refractivity contribution in [1.82, 2.24) is 13.6 Å². The van der Waals surface area contributed by atoms with Gasteiger partial charge >= 0.3 is 0 Å². The minimum absolute atomic E-state index is 0.0300. The first-order valence-corrected chi connectivity index (χ1v) is 18.8. The number of rotatable bonds is 11. The van der Waals surface area contributed by atoms with Gasteiger partial charge in [-0.2, -0.15) is 4.31 Å². The molecule has 1 amide bonds. The lowest BCUT2D eigenvalue weighted by molar-refractivity contribution is 0.0982. The van der Waals surface area contributed by atoms with Crippen molar-refractivity contribution >= 4 is 48.5 Å². The Morgan fingerprint density at radius 1 is 0.957 bits per heavy atom. The SMILES string of the molecule is CCC1CCCCN1S(=O)(=O)c1ccc(S(=O)(=O)NC(=O)c2c(C)n(CCCOc3cc(C)c(Cl)c(C)c3)c3ccccc23)cc1. The van der Waals surface area contributed by atoms with Gasteiger partial charge in [-0.15, -0.1) is 0 Å². The molecule has 46 heavy (non-hydrogen) atoms. The van der Waals surface area contributed by atoms with Gasteiger partial charge in [-0.05, 0) is 100 Å². The molecule has 0 saturated carbocycles. The van der Waals surface area contributed by atoms with Crippen LogP contribution in [-0.2, 0) is 26.6 Å². The molecule has 1 unspecified atom stereocenters. The van der Waals surface area contributed by atoms with E-state index in [1.165, 1.54) is 28.6 Å². The number of carbonyl (C=O) groups excluding carboxylic acids is 1. The molecule has 1 fully saturated rings. The number of hydrogen-bond donors (Lipinski definition) is 1. The van der Waals surface area contributed by atoms with Gasteiger partial charge in [-0.1, -0.05) is 43.1 Å². The summed E-state index contributed by atoms with van der Waals surface area (Å²) in [6.07, 6.45) is 3.94. The fourth-order valence-electron chi connectivity index (χ4n) is 6.26. The third-order valence-electron chi connectivity index (χ3n) is 8.67. The minimum atomic E-state index is -4.29. The van der Waals surface area contributed by atoms with Gasteiger partial charge in [0, 0.05) is 40.8 Å². The number of aromatic nitrogens is 1. The van der Waals surface area contributed by atoms with Crippen LogP contribution in [0.4, 0.5) is 0 Å². The zero-order chi connectivity index (χ0) is 33.2. The number of nitrogens with one attached hydrogen (secondary N) is 1. The number of amides is 1. The third kappa shape index (κ3) is 6.83. The molecular weight excluding hydrogens is 646 g/mol. The van der Waals surface area contributed by atoms with Crippen LogP contribution in [0.5, 0.6) is 5.75 Å². The number of piperidine rings is 1. The molecule has 0 spiro atoms. The zero-order valence-corrected chi connectivity index (χ0v) is 28.9. The smallest absolute Gasteiger partial charge is 0.267 e. The maximum atomic E-state index is 13.5. The molecule has 0 aliphatic carbocycles. The van der Waals surface area contributed by atoms with Crippen molar-refractivity contribution < 1.29 is 26.4 Å². The van der Waals surface area contributed by atoms with E-state index in [0.29, 0.717) is 43.6 Å². The van der Waals surface area contributed by atoms with Crippen LogP contribution >= 0.6 is 11.6 Å². The van der Waals surface area contributed by atoms with Crippen LogP contribution in [0, 0.1) is 20.8 Å². The second-order valence-corrected chi connectivity index (χ2v) is 15.7. The monoisotopic (exact) mass is 685 g/mol. The summed E-state index contributed by atoms with van der Waals surface area (Å²) >= 11 is 6.27. The number of nitrogens with zero attached hydrogens (tertiary/aromatic N) is 2. The molecule has 1 aliphatic rings. The molecule has 1 saturated heterocycles. The Kier molecular flexibility index (Phi) is 10.2. The van der Waals surface area contributed by atoms with Gasteiger partial charge in [0.25, 0.3) is 15.9 Å². The Hall–Kier alpha value is -3.38. The van der Waals surface area contributed by atoms with Crippen LogP contribution in [0.2, 0.25) is 5.02 Å². The molecule has 246 valence electrons. The van der Waals surface area contributed by atoms with Crippen LogP contribution in [0.3, 0.4) is 0 Å². The number of aryl methyl sites for hydroxylation is 3. The number of hydrogen-bond acceptors (Lipinski definition) is 6. The van der Waals surface area contributed by atoms with Crippen LogP contribution in [0.1, 0.15) is 66.2 Å². The van der Waals surface area contributed by atoms with Crippen molar-refractivity contribution in [3.63, 3.8) is 0 Å². The molecule has 0 bridgehead atoms. The highest BCUT2D eigenvalue weighted by Gasteiger charge is 2.33. The number of benzene rings is 3. The van der Waals surface area contributed by atoms with Gasteiger partial charge in [0.05, 0.1) is 22.0 Å². The van der Waals surface area contributed by atoms with Crippen molar-refractivity contribution in [2.45, 2.75) is 82.2 Å². The second-order valence-electron chi connectivity index (χ2n) is 11.8. The summed E-state index contributed by atoms with van der Waals surface area (Å²) in [7, 11) is -8.07. The Morgan fingerprint density at radius 3 is 2.28 bits per heavy atom. The largest absolute Gasteiger partial charge is 0.494 e. The summed E-state index contributed by atoms with van der Waals surface area (Å²) in [6.45, 7) is 9.05. The lowest BCUT2D eigenvalue weighted by Gasteiger charge is -2.34. The fourth-order valence-corrected chi connectivity index (χ4v) is 9.10. The first-order valence-electron chi connectivity index (χ1n) is 15.5. The van der Waals surface area contributed by atoms with Gasteiger partial charge in [0.2, 0.25) is 10.0 Å². The average Bonchev–Trinajstić information content (AvgIpc) is 3.32. The Bertz CT molecular complexity index is 1950. The fraction of sp³-hybridized carbons (Fsp3) is 0.382. The van der Waals surface area contributed by atoms with Gasteiger partial charge in [-0.25, -0.2) is 21.6 Å². The molecule has 0 radical (unpaired) electrons. The van der Waals surface area contributed by atoms with Crippen LogP contribution in [-0.4, -0.2) is 50.8 Å².